The number of fused-ring (bicyclic) bond motifs is 1. The van der Waals surface area contributed by atoms with Crippen LogP contribution >= 0.6 is 11.6 Å². The summed E-state index contributed by atoms with van der Waals surface area (Å²) in [6.45, 7) is 0.358. The number of hydrogen-bond donors (Lipinski definition) is 1. The maximum absolute atomic E-state index is 12.8. The Morgan fingerprint density at radius 3 is 2.54 bits per heavy atom. The Labute approximate surface area is 248 Å². The number of rotatable bonds is 8. The van der Waals surface area contributed by atoms with E-state index in [-0.39, 0.29) is 72.2 Å². The van der Waals surface area contributed by atoms with Crippen molar-refractivity contribution < 1.29 is 71.6 Å². The number of ether oxygens (including phenoxy) is 3. The molecule has 39 heavy (non-hydrogen) atoms. The predicted molar refractivity (Wildman–Crippen MR) is 128 cm³/mol. The molecule has 0 bridgehead atoms. The van der Waals surface area contributed by atoms with Crippen LogP contribution in [0.1, 0.15) is 39.5 Å². The standard InChI is InChI=1S/C26H22ClF3N2O6.Na/c1-36-24-15(4-7-22(32-24)26(28,29)30)8-10-31-23(33)14-2-5-16(6-3-14)38-21-13-20-18(12-19(21)27)17(25(34)35)9-11-37-20;/h2-7,12-13,17H,8-11H2,1H3,(H,31,33)(H,34,35);/q;+1/p-1. The van der Waals surface area contributed by atoms with Gasteiger partial charge in [-0.05, 0) is 49.2 Å². The van der Waals surface area contributed by atoms with Crippen LogP contribution in [0.4, 0.5) is 13.2 Å². The topological polar surface area (TPSA) is 110 Å². The zero-order valence-electron chi connectivity index (χ0n) is 20.9. The number of hydrogen-bond acceptors (Lipinski definition) is 7. The van der Waals surface area contributed by atoms with Crippen LogP contribution in [-0.4, -0.2) is 37.1 Å². The first-order valence-electron chi connectivity index (χ1n) is 11.4. The third-order valence-electron chi connectivity index (χ3n) is 5.84. The summed E-state index contributed by atoms with van der Waals surface area (Å²) in [4.78, 5) is 27.4. The quantitative estimate of drug-likeness (QED) is 0.403. The number of carboxylic acid groups (broad SMARTS) is 1. The van der Waals surface area contributed by atoms with Crippen molar-refractivity contribution in [1.82, 2.24) is 10.3 Å². The number of carbonyl (C=O) groups excluding carboxylic acids is 2. The molecule has 1 unspecified atom stereocenters. The maximum Gasteiger partial charge on any atom is 1.00 e. The van der Waals surface area contributed by atoms with Crippen molar-refractivity contribution in [2.75, 3.05) is 20.3 Å². The van der Waals surface area contributed by atoms with Crippen LogP contribution in [-0.2, 0) is 17.4 Å². The first-order valence-corrected chi connectivity index (χ1v) is 11.8. The normalized spacial score (nSPS) is 14.3. The van der Waals surface area contributed by atoms with Crippen molar-refractivity contribution in [3.05, 3.63) is 75.9 Å². The molecule has 1 aliphatic rings. The number of methoxy groups -OCH3 is 1. The van der Waals surface area contributed by atoms with E-state index >= 15 is 0 Å². The maximum atomic E-state index is 12.8. The van der Waals surface area contributed by atoms with Crippen LogP contribution in [0, 0.1) is 0 Å². The predicted octanol–water partition coefficient (Wildman–Crippen LogP) is 1.15. The smallest absolute Gasteiger partial charge is 0.549 e. The van der Waals surface area contributed by atoms with Crippen molar-refractivity contribution in [2.45, 2.75) is 24.9 Å². The monoisotopic (exact) mass is 572 g/mol. The largest absolute Gasteiger partial charge is 1.00 e. The number of amides is 1. The molecule has 3 aromatic rings. The summed E-state index contributed by atoms with van der Waals surface area (Å²) in [6.07, 6.45) is -4.10. The summed E-state index contributed by atoms with van der Waals surface area (Å²) in [5.74, 6) is -1.61. The van der Waals surface area contributed by atoms with Gasteiger partial charge in [-0.25, -0.2) is 4.98 Å². The SMILES string of the molecule is COc1nc(C(F)(F)F)ccc1CCNC(=O)c1ccc(Oc2cc3c(cc2Cl)C(C(=O)[O-])CCO3)cc1.[Na+]. The van der Waals surface area contributed by atoms with E-state index in [9.17, 15) is 27.9 Å². The molecule has 1 amide bonds. The molecule has 200 valence electrons. The van der Waals surface area contributed by atoms with Crippen LogP contribution in [0.5, 0.6) is 23.1 Å². The van der Waals surface area contributed by atoms with E-state index in [1.54, 1.807) is 12.1 Å². The molecule has 0 fully saturated rings. The number of aliphatic carboxylic acids is 1. The molecule has 4 rings (SSSR count). The molecule has 0 aliphatic carbocycles. The number of pyridine rings is 1. The van der Waals surface area contributed by atoms with Crippen LogP contribution in [0.3, 0.4) is 0 Å². The van der Waals surface area contributed by atoms with Gasteiger partial charge in [0.15, 0.2) is 0 Å². The van der Waals surface area contributed by atoms with Crippen molar-refractivity contribution in [3.63, 3.8) is 0 Å². The molecule has 1 aliphatic heterocycles. The van der Waals surface area contributed by atoms with E-state index in [4.69, 9.17) is 25.8 Å². The van der Waals surface area contributed by atoms with Crippen molar-refractivity contribution in [3.8, 4) is 23.1 Å². The van der Waals surface area contributed by atoms with Gasteiger partial charge >= 0.3 is 35.7 Å². The molecular formula is C26H21ClF3N2NaO6. The number of alkyl halides is 3. The Morgan fingerprint density at radius 1 is 1.18 bits per heavy atom. The summed E-state index contributed by atoms with van der Waals surface area (Å²) in [5.41, 5.74) is 0.105. The average molecular weight is 573 g/mol. The summed E-state index contributed by atoms with van der Waals surface area (Å²) in [5, 5.41) is 14.3. The molecule has 1 atom stereocenters. The summed E-state index contributed by atoms with van der Waals surface area (Å²) in [6, 6.07) is 11.3. The number of carboxylic acids is 1. The Morgan fingerprint density at radius 2 is 1.90 bits per heavy atom. The Kier molecular flexibility index (Phi) is 10.1. The number of halogens is 4. The minimum atomic E-state index is -4.59. The van der Waals surface area contributed by atoms with Gasteiger partial charge in [-0.2, -0.15) is 13.2 Å². The second-order valence-electron chi connectivity index (χ2n) is 8.32. The molecule has 1 N–H and O–H groups in total. The second kappa shape index (κ2) is 12.9. The minimum Gasteiger partial charge on any atom is -0.549 e. The zero-order valence-corrected chi connectivity index (χ0v) is 23.7. The van der Waals surface area contributed by atoms with Gasteiger partial charge in [-0.15, -0.1) is 0 Å². The fourth-order valence-corrected chi connectivity index (χ4v) is 4.13. The third-order valence-corrected chi connectivity index (χ3v) is 6.13. The van der Waals surface area contributed by atoms with E-state index in [2.05, 4.69) is 10.3 Å². The molecule has 2 heterocycles. The molecule has 13 heteroatoms. The Bertz CT molecular complexity index is 1350. The fourth-order valence-electron chi connectivity index (χ4n) is 3.92. The van der Waals surface area contributed by atoms with Crippen LogP contribution in [0.2, 0.25) is 5.02 Å². The third kappa shape index (κ3) is 7.36. The van der Waals surface area contributed by atoms with Crippen molar-refractivity contribution in [2.24, 2.45) is 0 Å². The van der Waals surface area contributed by atoms with Gasteiger partial charge in [0, 0.05) is 41.2 Å². The molecule has 8 nitrogen and oxygen atoms in total. The van der Waals surface area contributed by atoms with Gasteiger partial charge < -0.3 is 29.4 Å². The molecule has 0 saturated carbocycles. The first kappa shape index (κ1) is 30.6. The Balaban J connectivity index is 0.00000420. The summed E-state index contributed by atoms with van der Waals surface area (Å²) < 4.78 is 54.8. The van der Waals surface area contributed by atoms with Gasteiger partial charge in [0.25, 0.3) is 5.91 Å². The van der Waals surface area contributed by atoms with Gasteiger partial charge in [0.1, 0.15) is 22.9 Å². The number of benzene rings is 2. The molecular weight excluding hydrogens is 552 g/mol. The van der Waals surface area contributed by atoms with E-state index < -0.39 is 29.7 Å². The summed E-state index contributed by atoms with van der Waals surface area (Å²) >= 11 is 6.30. The molecule has 0 spiro atoms. The number of nitrogens with zero attached hydrogens (tertiary/aromatic N) is 1. The fraction of sp³-hybridized carbons (Fsp3) is 0.269. The molecule has 1 aromatic heterocycles. The number of aromatic nitrogens is 1. The van der Waals surface area contributed by atoms with E-state index in [1.807, 2.05) is 0 Å². The van der Waals surface area contributed by atoms with E-state index in [1.165, 1.54) is 37.4 Å². The molecule has 0 saturated heterocycles. The van der Waals surface area contributed by atoms with Crippen molar-refractivity contribution >= 4 is 23.5 Å². The van der Waals surface area contributed by atoms with Crippen molar-refractivity contribution in [1.29, 1.82) is 0 Å². The molecule has 2 aromatic carbocycles. The van der Waals surface area contributed by atoms with E-state index in [0.29, 0.717) is 28.2 Å². The van der Waals surface area contributed by atoms with Gasteiger partial charge in [-0.3, -0.25) is 4.79 Å². The Hall–Kier alpha value is -2.99. The number of carbonyl (C=O) groups is 2. The zero-order chi connectivity index (χ0) is 27.4. The first-order chi connectivity index (χ1) is 18.1. The van der Waals surface area contributed by atoms with Gasteiger partial charge in [0.2, 0.25) is 5.88 Å². The van der Waals surface area contributed by atoms with Crippen LogP contribution in [0.25, 0.3) is 0 Å². The average Bonchev–Trinajstić information content (AvgIpc) is 2.88. The van der Waals surface area contributed by atoms with Crippen LogP contribution < -0.4 is 54.2 Å². The van der Waals surface area contributed by atoms with Gasteiger partial charge in [0.05, 0.1) is 18.7 Å². The van der Waals surface area contributed by atoms with Crippen LogP contribution in [0.15, 0.2) is 48.5 Å². The second-order valence-corrected chi connectivity index (χ2v) is 8.73. The molecule has 0 radical (unpaired) electrons. The van der Waals surface area contributed by atoms with E-state index in [0.717, 1.165) is 6.07 Å². The van der Waals surface area contributed by atoms with Gasteiger partial charge in [-0.1, -0.05) is 17.7 Å². The number of nitrogens with one attached hydrogen (secondary N) is 1. The minimum absolute atomic E-state index is 0. The summed E-state index contributed by atoms with van der Waals surface area (Å²) in [7, 11) is 1.23.